The van der Waals surface area contributed by atoms with Gasteiger partial charge in [0.05, 0.1) is 5.69 Å². The Bertz CT molecular complexity index is 435. The molecule has 2 rings (SSSR count). The zero-order valence-corrected chi connectivity index (χ0v) is 8.17. The first kappa shape index (κ1) is 9.67. The van der Waals surface area contributed by atoms with Crippen LogP contribution in [-0.2, 0) is 6.42 Å². The molecule has 0 saturated heterocycles. The SMILES string of the molecule is NCCc1ncn(-c2ccc(O)cc2)n1. The summed E-state index contributed by atoms with van der Waals surface area (Å²) in [7, 11) is 0. The van der Waals surface area contributed by atoms with Crippen molar-refractivity contribution >= 4 is 0 Å². The molecule has 0 unspecified atom stereocenters. The maximum absolute atomic E-state index is 9.13. The van der Waals surface area contributed by atoms with Crippen molar-refractivity contribution in [2.24, 2.45) is 5.73 Å². The molecule has 15 heavy (non-hydrogen) atoms. The zero-order chi connectivity index (χ0) is 10.7. The lowest BCUT2D eigenvalue weighted by molar-refractivity contribution is 0.475. The summed E-state index contributed by atoms with van der Waals surface area (Å²) in [6.45, 7) is 0.541. The van der Waals surface area contributed by atoms with Gasteiger partial charge >= 0.3 is 0 Å². The van der Waals surface area contributed by atoms with Crippen LogP contribution in [0.3, 0.4) is 0 Å². The maximum atomic E-state index is 9.13. The van der Waals surface area contributed by atoms with Gasteiger partial charge in [0.25, 0.3) is 0 Å². The van der Waals surface area contributed by atoms with Crippen LogP contribution < -0.4 is 5.73 Å². The highest BCUT2D eigenvalue weighted by atomic mass is 16.3. The molecule has 1 aromatic heterocycles. The van der Waals surface area contributed by atoms with Crippen LogP contribution in [0.15, 0.2) is 30.6 Å². The number of hydrogen-bond donors (Lipinski definition) is 2. The van der Waals surface area contributed by atoms with Gasteiger partial charge in [-0.05, 0) is 30.8 Å². The van der Waals surface area contributed by atoms with Gasteiger partial charge in [-0.3, -0.25) is 0 Å². The average molecular weight is 204 g/mol. The minimum atomic E-state index is 0.237. The van der Waals surface area contributed by atoms with Crippen LogP contribution >= 0.6 is 0 Å². The summed E-state index contributed by atoms with van der Waals surface area (Å²) in [6.07, 6.45) is 2.31. The summed E-state index contributed by atoms with van der Waals surface area (Å²) in [5.41, 5.74) is 6.27. The van der Waals surface area contributed by atoms with Crippen LogP contribution in [0.25, 0.3) is 5.69 Å². The quantitative estimate of drug-likeness (QED) is 0.762. The Labute approximate surface area is 87.2 Å². The fraction of sp³-hybridized carbons (Fsp3) is 0.200. The molecule has 0 aliphatic carbocycles. The van der Waals surface area contributed by atoms with E-state index >= 15 is 0 Å². The molecule has 0 fully saturated rings. The van der Waals surface area contributed by atoms with E-state index in [2.05, 4.69) is 10.1 Å². The minimum Gasteiger partial charge on any atom is -0.508 e. The van der Waals surface area contributed by atoms with Crippen LogP contribution in [0.1, 0.15) is 5.82 Å². The molecule has 78 valence electrons. The van der Waals surface area contributed by atoms with Crippen molar-refractivity contribution in [1.82, 2.24) is 14.8 Å². The van der Waals surface area contributed by atoms with E-state index < -0.39 is 0 Å². The molecule has 2 aromatic rings. The molecule has 5 nitrogen and oxygen atoms in total. The van der Waals surface area contributed by atoms with E-state index in [1.165, 1.54) is 0 Å². The highest BCUT2D eigenvalue weighted by Crippen LogP contribution is 2.12. The highest BCUT2D eigenvalue weighted by molar-refractivity contribution is 5.35. The molecule has 0 amide bonds. The molecule has 1 heterocycles. The first-order valence-electron chi connectivity index (χ1n) is 4.69. The molecule has 1 aromatic carbocycles. The van der Waals surface area contributed by atoms with Gasteiger partial charge in [-0.1, -0.05) is 0 Å². The third kappa shape index (κ3) is 2.13. The van der Waals surface area contributed by atoms with E-state index in [-0.39, 0.29) is 5.75 Å². The highest BCUT2D eigenvalue weighted by Gasteiger charge is 2.01. The number of hydrogen-bond acceptors (Lipinski definition) is 4. The Balaban J connectivity index is 2.25. The molecular weight excluding hydrogens is 192 g/mol. The van der Waals surface area contributed by atoms with Gasteiger partial charge in [0.1, 0.15) is 12.1 Å². The number of phenols is 1. The van der Waals surface area contributed by atoms with E-state index in [0.717, 1.165) is 11.5 Å². The van der Waals surface area contributed by atoms with Gasteiger partial charge in [-0.15, -0.1) is 0 Å². The molecule has 0 radical (unpaired) electrons. The van der Waals surface area contributed by atoms with Crippen molar-refractivity contribution in [2.75, 3.05) is 6.54 Å². The Morgan fingerprint density at radius 3 is 2.67 bits per heavy atom. The van der Waals surface area contributed by atoms with Gasteiger partial charge in [-0.25, -0.2) is 9.67 Å². The van der Waals surface area contributed by atoms with Crippen LogP contribution in [0.5, 0.6) is 5.75 Å². The molecule has 0 atom stereocenters. The number of aromatic nitrogens is 3. The molecule has 0 saturated carbocycles. The standard InChI is InChI=1S/C10H12N4O/c11-6-5-10-12-7-14(13-10)8-1-3-9(15)4-2-8/h1-4,7,15H,5-6,11H2. The van der Waals surface area contributed by atoms with Crippen molar-refractivity contribution < 1.29 is 5.11 Å². The van der Waals surface area contributed by atoms with Crippen molar-refractivity contribution in [3.8, 4) is 11.4 Å². The van der Waals surface area contributed by atoms with Crippen LogP contribution in [0.2, 0.25) is 0 Å². The predicted octanol–water partition coefficient (Wildman–Crippen LogP) is 0.474. The van der Waals surface area contributed by atoms with Crippen molar-refractivity contribution in [3.63, 3.8) is 0 Å². The normalized spacial score (nSPS) is 10.5. The average Bonchev–Trinajstić information content (AvgIpc) is 2.68. The molecule has 0 aliphatic rings. The van der Waals surface area contributed by atoms with E-state index in [1.54, 1.807) is 35.3 Å². The summed E-state index contributed by atoms with van der Waals surface area (Å²) in [4.78, 5) is 4.11. The Morgan fingerprint density at radius 2 is 2.00 bits per heavy atom. The second kappa shape index (κ2) is 4.10. The van der Waals surface area contributed by atoms with Crippen LogP contribution in [0, 0.1) is 0 Å². The number of nitrogens with two attached hydrogens (primary N) is 1. The lowest BCUT2D eigenvalue weighted by atomic mass is 10.3. The maximum Gasteiger partial charge on any atom is 0.152 e. The van der Waals surface area contributed by atoms with Gasteiger partial charge in [0.2, 0.25) is 0 Å². The summed E-state index contributed by atoms with van der Waals surface area (Å²) in [6, 6.07) is 6.77. The summed E-state index contributed by atoms with van der Waals surface area (Å²) >= 11 is 0. The fourth-order valence-corrected chi connectivity index (χ4v) is 1.27. The first-order chi connectivity index (χ1) is 7.29. The lowest BCUT2D eigenvalue weighted by Gasteiger charge is -1.99. The van der Waals surface area contributed by atoms with E-state index in [4.69, 9.17) is 10.8 Å². The van der Waals surface area contributed by atoms with Crippen LogP contribution in [-0.4, -0.2) is 26.4 Å². The smallest absolute Gasteiger partial charge is 0.152 e. The summed E-state index contributed by atoms with van der Waals surface area (Å²) in [5.74, 6) is 0.964. The second-order valence-corrected chi connectivity index (χ2v) is 3.16. The minimum absolute atomic E-state index is 0.237. The fourth-order valence-electron chi connectivity index (χ4n) is 1.27. The Morgan fingerprint density at radius 1 is 1.27 bits per heavy atom. The number of phenolic OH excluding ortho intramolecular Hbond substituents is 1. The third-order valence-electron chi connectivity index (χ3n) is 2.02. The van der Waals surface area contributed by atoms with Crippen molar-refractivity contribution in [2.45, 2.75) is 6.42 Å². The third-order valence-corrected chi connectivity index (χ3v) is 2.02. The summed E-state index contributed by atoms with van der Waals surface area (Å²) < 4.78 is 1.66. The predicted molar refractivity (Wildman–Crippen MR) is 55.8 cm³/mol. The molecule has 3 N–H and O–H groups in total. The second-order valence-electron chi connectivity index (χ2n) is 3.16. The molecule has 5 heteroatoms. The Kier molecular flexibility index (Phi) is 2.64. The summed E-state index contributed by atoms with van der Waals surface area (Å²) in [5, 5.41) is 13.4. The van der Waals surface area contributed by atoms with Gasteiger partial charge in [-0.2, -0.15) is 5.10 Å². The van der Waals surface area contributed by atoms with Gasteiger partial charge in [0.15, 0.2) is 5.82 Å². The monoisotopic (exact) mass is 204 g/mol. The van der Waals surface area contributed by atoms with E-state index in [9.17, 15) is 0 Å². The largest absolute Gasteiger partial charge is 0.508 e. The molecule has 0 spiro atoms. The number of aromatic hydroxyl groups is 1. The van der Waals surface area contributed by atoms with Crippen molar-refractivity contribution in [3.05, 3.63) is 36.4 Å². The molecule has 0 bridgehead atoms. The van der Waals surface area contributed by atoms with Gasteiger partial charge < -0.3 is 10.8 Å². The lowest BCUT2D eigenvalue weighted by Crippen LogP contribution is -2.04. The topological polar surface area (TPSA) is 77.0 Å². The van der Waals surface area contributed by atoms with E-state index in [1.807, 2.05) is 0 Å². The van der Waals surface area contributed by atoms with Crippen LogP contribution in [0.4, 0.5) is 0 Å². The molecular formula is C10H12N4O. The number of nitrogens with zero attached hydrogens (tertiary/aromatic N) is 3. The number of rotatable bonds is 3. The van der Waals surface area contributed by atoms with Crippen molar-refractivity contribution in [1.29, 1.82) is 0 Å². The van der Waals surface area contributed by atoms with E-state index in [0.29, 0.717) is 13.0 Å². The molecule has 0 aliphatic heterocycles. The van der Waals surface area contributed by atoms with Gasteiger partial charge in [0, 0.05) is 6.42 Å². The zero-order valence-electron chi connectivity index (χ0n) is 8.17. The Hall–Kier alpha value is -1.88. The number of benzene rings is 1. The first-order valence-corrected chi connectivity index (χ1v) is 4.69.